The van der Waals surface area contributed by atoms with Gasteiger partial charge in [-0.3, -0.25) is 4.90 Å². The average Bonchev–Trinajstić information content (AvgIpc) is 2.63. The number of hydrogen-bond donors (Lipinski definition) is 0. The molecule has 1 atom stereocenters. The van der Waals surface area contributed by atoms with Gasteiger partial charge < -0.3 is 9.47 Å². The Morgan fingerprint density at radius 2 is 1.79 bits per heavy atom. The summed E-state index contributed by atoms with van der Waals surface area (Å²) in [5.41, 5.74) is 7.01. The summed E-state index contributed by atoms with van der Waals surface area (Å²) < 4.78 is 11.1. The van der Waals surface area contributed by atoms with Crippen molar-refractivity contribution in [1.29, 1.82) is 0 Å². The molecule has 0 amide bonds. The first kappa shape index (κ1) is 15.5. The molecule has 0 radical (unpaired) electrons. The molecule has 126 valence electrons. The molecule has 1 aliphatic heterocycles. The predicted octanol–water partition coefficient (Wildman–Crippen LogP) is 4.24. The molecule has 24 heavy (non-hydrogen) atoms. The highest BCUT2D eigenvalue weighted by molar-refractivity contribution is 5.78. The normalized spacial score (nSPS) is 18.7. The second-order valence-electron chi connectivity index (χ2n) is 6.78. The van der Waals surface area contributed by atoms with Crippen LogP contribution >= 0.6 is 0 Å². The summed E-state index contributed by atoms with van der Waals surface area (Å²) in [5.74, 6) is 1.88. The fraction of sp³-hybridized carbons (Fsp3) is 0.429. The first-order valence-corrected chi connectivity index (χ1v) is 8.87. The standard InChI is InChI=1S/C21H25NO2/c1-4-8-22-9-7-15-10-17(24-3)13-19-18-12-16(23-2)6-5-14(18)11-20(22)21(15)19/h5-6,10,12-13,20H,4,7-9,11H2,1-3H3/t20-/m1/s1. The van der Waals surface area contributed by atoms with E-state index in [1.54, 1.807) is 14.2 Å². The van der Waals surface area contributed by atoms with Crippen LogP contribution in [-0.4, -0.2) is 32.2 Å². The zero-order chi connectivity index (χ0) is 16.7. The van der Waals surface area contributed by atoms with Crippen LogP contribution in [0.3, 0.4) is 0 Å². The molecule has 0 saturated carbocycles. The lowest BCUT2D eigenvalue weighted by molar-refractivity contribution is 0.183. The van der Waals surface area contributed by atoms with Crippen LogP contribution in [0.4, 0.5) is 0 Å². The Labute approximate surface area is 144 Å². The van der Waals surface area contributed by atoms with Crippen LogP contribution in [0, 0.1) is 0 Å². The number of benzene rings is 2. The van der Waals surface area contributed by atoms with E-state index in [0.717, 1.165) is 30.9 Å². The maximum absolute atomic E-state index is 5.58. The van der Waals surface area contributed by atoms with Crippen LogP contribution in [0.1, 0.15) is 36.1 Å². The van der Waals surface area contributed by atoms with Gasteiger partial charge in [0.25, 0.3) is 0 Å². The van der Waals surface area contributed by atoms with Crippen molar-refractivity contribution in [3.63, 3.8) is 0 Å². The number of ether oxygens (including phenoxy) is 2. The second kappa shape index (κ2) is 6.14. The van der Waals surface area contributed by atoms with Gasteiger partial charge in [0.05, 0.1) is 14.2 Å². The summed E-state index contributed by atoms with van der Waals surface area (Å²) >= 11 is 0. The van der Waals surface area contributed by atoms with Crippen molar-refractivity contribution in [1.82, 2.24) is 4.90 Å². The molecular formula is C21H25NO2. The fourth-order valence-electron chi connectivity index (χ4n) is 4.33. The molecule has 4 rings (SSSR count). The highest BCUT2D eigenvalue weighted by Gasteiger charge is 2.34. The molecule has 0 unspecified atom stereocenters. The van der Waals surface area contributed by atoms with Gasteiger partial charge in [0, 0.05) is 12.6 Å². The second-order valence-corrected chi connectivity index (χ2v) is 6.78. The van der Waals surface area contributed by atoms with Crippen LogP contribution in [0.25, 0.3) is 11.1 Å². The molecule has 0 fully saturated rings. The summed E-state index contributed by atoms with van der Waals surface area (Å²) in [4.78, 5) is 2.66. The number of hydrogen-bond acceptors (Lipinski definition) is 3. The van der Waals surface area contributed by atoms with Gasteiger partial charge in [0.2, 0.25) is 0 Å². The van der Waals surface area contributed by atoms with Gasteiger partial charge in [-0.2, -0.15) is 0 Å². The molecule has 0 aromatic heterocycles. The molecule has 0 spiro atoms. The zero-order valence-electron chi connectivity index (χ0n) is 14.8. The molecule has 0 saturated heterocycles. The van der Waals surface area contributed by atoms with Crippen LogP contribution in [-0.2, 0) is 12.8 Å². The Morgan fingerprint density at radius 3 is 2.54 bits per heavy atom. The fourth-order valence-corrected chi connectivity index (χ4v) is 4.33. The van der Waals surface area contributed by atoms with Crippen molar-refractivity contribution in [3.05, 3.63) is 47.0 Å². The smallest absolute Gasteiger partial charge is 0.119 e. The van der Waals surface area contributed by atoms with Crippen LogP contribution in [0.2, 0.25) is 0 Å². The first-order chi connectivity index (χ1) is 11.7. The quantitative estimate of drug-likeness (QED) is 0.840. The van der Waals surface area contributed by atoms with E-state index >= 15 is 0 Å². The maximum Gasteiger partial charge on any atom is 0.119 e. The summed E-state index contributed by atoms with van der Waals surface area (Å²) in [6.45, 7) is 4.58. The molecule has 2 aliphatic rings. The minimum atomic E-state index is 0.496. The van der Waals surface area contributed by atoms with E-state index in [9.17, 15) is 0 Å². The topological polar surface area (TPSA) is 21.7 Å². The van der Waals surface area contributed by atoms with E-state index in [-0.39, 0.29) is 0 Å². The van der Waals surface area contributed by atoms with Crippen molar-refractivity contribution >= 4 is 0 Å². The predicted molar refractivity (Wildman–Crippen MR) is 97.0 cm³/mol. The highest BCUT2D eigenvalue weighted by atomic mass is 16.5. The van der Waals surface area contributed by atoms with Crippen LogP contribution in [0.5, 0.6) is 11.5 Å². The molecule has 3 heteroatoms. The lowest BCUT2D eigenvalue weighted by Crippen LogP contribution is -2.38. The van der Waals surface area contributed by atoms with Crippen molar-refractivity contribution in [2.45, 2.75) is 32.2 Å². The lowest BCUT2D eigenvalue weighted by atomic mass is 9.77. The third-order valence-electron chi connectivity index (χ3n) is 5.45. The summed E-state index contributed by atoms with van der Waals surface area (Å²) in [6.07, 6.45) is 3.40. The van der Waals surface area contributed by atoms with E-state index in [2.05, 4.69) is 42.2 Å². The average molecular weight is 323 g/mol. The minimum absolute atomic E-state index is 0.496. The largest absolute Gasteiger partial charge is 0.497 e. The minimum Gasteiger partial charge on any atom is -0.497 e. The first-order valence-electron chi connectivity index (χ1n) is 8.87. The molecule has 0 bridgehead atoms. The Balaban J connectivity index is 1.92. The summed E-state index contributed by atoms with van der Waals surface area (Å²) in [5, 5.41) is 0. The third kappa shape index (κ3) is 2.39. The number of nitrogens with zero attached hydrogens (tertiary/aromatic N) is 1. The lowest BCUT2D eigenvalue weighted by Gasteiger charge is -2.42. The van der Waals surface area contributed by atoms with Gasteiger partial charge >= 0.3 is 0 Å². The van der Waals surface area contributed by atoms with Crippen molar-refractivity contribution in [2.75, 3.05) is 27.3 Å². The van der Waals surface area contributed by atoms with E-state index in [1.165, 1.54) is 40.8 Å². The molecule has 1 heterocycles. The maximum atomic E-state index is 5.58. The molecule has 2 aromatic carbocycles. The van der Waals surface area contributed by atoms with Crippen molar-refractivity contribution in [3.8, 4) is 22.6 Å². The molecule has 2 aromatic rings. The Bertz CT molecular complexity index is 769. The summed E-state index contributed by atoms with van der Waals surface area (Å²) in [7, 11) is 3.49. The Kier molecular flexibility index (Phi) is 3.97. The van der Waals surface area contributed by atoms with E-state index in [0.29, 0.717) is 6.04 Å². The molecular weight excluding hydrogens is 298 g/mol. The van der Waals surface area contributed by atoms with Gasteiger partial charge in [-0.15, -0.1) is 0 Å². The number of fused-ring (bicyclic) bond motifs is 2. The van der Waals surface area contributed by atoms with Crippen molar-refractivity contribution in [2.24, 2.45) is 0 Å². The molecule has 1 aliphatic carbocycles. The Morgan fingerprint density at radius 1 is 1.00 bits per heavy atom. The van der Waals surface area contributed by atoms with Crippen LogP contribution < -0.4 is 9.47 Å². The van der Waals surface area contributed by atoms with E-state index < -0.39 is 0 Å². The monoisotopic (exact) mass is 323 g/mol. The molecule has 3 nitrogen and oxygen atoms in total. The Hall–Kier alpha value is -2.00. The van der Waals surface area contributed by atoms with Crippen molar-refractivity contribution < 1.29 is 9.47 Å². The van der Waals surface area contributed by atoms with Gasteiger partial charge in [-0.1, -0.05) is 13.0 Å². The van der Waals surface area contributed by atoms with Gasteiger partial charge in [0.1, 0.15) is 11.5 Å². The van der Waals surface area contributed by atoms with Gasteiger partial charge in [-0.05, 0) is 77.9 Å². The van der Waals surface area contributed by atoms with E-state index in [1.807, 2.05) is 0 Å². The third-order valence-corrected chi connectivity index (χ3v) is 5.45. The number of rotatable bonds is 4. The SMILES string of the molecule is CCCN1CCc2cc(OC)cc3c2[C@H]1Cc1ccc(OC)cc1-3. The number of methoxy groups -OCH3 is 2. The van der Waals surface area contributed by atoms with Gasteiger partial charge in [0.15, 0.2) is 0 Å². The van der Waals surface area contributed by atoms with E-state index in [4.69, 9.17) is 9.47 Å². The van der Waals surface area contributed by atoms with Crippen LogP contribution in [0.15, 0.2) is 30.3 Å². The summed E-state index contributed by atoms with van der Waals surface area (Å²) in [6, 6.07) is 11.4. The highest BCUT2D eigenvalue weighted by Crippen LogP contribution is 2.47. The molecule has 0 N–H and O–H groups in total. The zero-order valence-corrected chi connectivity index (χ0v) is 14.8. The van der Waals surface area contributed by atoms with Gasteiger partial charge in [-0.25, -0.2) is 0 Å².